The van der Waals surface area contributed by atoms with Crippen LogP contribution in [0.25, 0.3) is 11.1 Å². The molecule has 160 valence electrons. The number of nitrogens with zero attached hydrogens (tertiary/aromatic N) is 3. The van der Waals surface area contributed by atoms with E-state index >= 15 is 0 Å². The minimum Gasteiger partial charge on any atom is -0.369 e. The maximum Gasteiger partial charge on any atom is 0.225 e. The Bertz CT molecular complexity index is 1010. The highest BCUT2D eigenvalue weighted by atomic mass is 16.1. The van der Waals surface area contributed by atoms with E-state index in [4.69, 9.17) is 5.73 Å². The van der Waals surface area contributed by atoms with Crippen LogP contribution in [-0.2, 0) is 11.2 Å². The summed E-state index contributed by atoms with van der Waals surface area (Å²) in [6.45, 7) is 4.87. The third kappa shape index (κ3) is 4.83. The summed E-state index contributed by atoms with van der Waals surface area (Å²) in [6, 6.07) is 18.8. The van der Waals surface area contributed by atoms with Gasteiger partial charge in [-0.2, -0.15) is 0 Å². The summed E-state index contributed by atoms with van der Waals surface area (Å²) in [5, 5.41) is 0. The Morgan fingerprint density at radius 3 is 2.55 bits per heavy atom. The van der Waals surface area contributed by atoms with Gasteiger partial charge < -0.3 is 10.6 Å². The Kier molecular flexibility index (Phi) is 6.42. The van der Waals surface area contributed by atoms with Crippen molar-refractivity contribution in [2.45, 2.75) is 32.1 Å². The average Bonchev–Trinajstić information content (AvgIpc) is 2.81. The third-order valence-electron chi connectivity index (χ3n) is 6.50. The lowest BCUT2D eigenvalue weighted by Crippen LogP contribution is -2.52. The van der Waals surface area contributed by atoms with Gasteiger partial charge in [-0.25, -0.2) is 9.97 Å². The minimum absolute atomic E-state index is 0.205. The van der Waals surface area contributed by atoms with Crippen LogP contribution in [0.5, 0.6) is 0 Å². The normalized spacial score (nSPS) is 20.3. The van der Waals surface area contributed by atoms with Crippen LogP contribution >= 0.6 is 0 Å². The molecule has 5 heteroatoms. The van der Waals surface area contributed by atoms with Gasteiger partial charge in [0.2, 0.25) is 5.91 Å². The first-order chi connectivity index (χ1) is 15.1. The smallest absolute Gasteiger partial charge is 0.225 e. The highest BCUT2D eigenvalue weighted by molar-refractivity contribution is 5.82. The molecule has 1 aromatic heterocycles. The van der Waals surface area contributed by atoms with E-state index in [1.165, 1.54) is 11.9 Å². The predicted molar refractivity (Wildman–Crippen MR) is 123 cm³/mol. The number of benzene rings is 2. The summed E-state index contributed by atoms with van der Waals surface area (Å²) >= 11 is 0. The van der Waals surface area contributed by atoms with Crippen molar-refractivity contribution in [1.82, 2.24) is 14.9 Å². The van der Waals surface area contributed by atoms with Crippen molar-refractivity contribution in [3.05, 3.63) is 84.4 Å². The molecule has 3 aromatic rings. The monoisotopic (exact) mass is 414 g/mol. The lowest BCUT2D eigenvalue weighted by Gasteiger charge is -2.42. The number of carbonyl (C=O) groups excluding carboxylic acids is 1. The van der Waals surface area contributed by atoms with Gasteiger partial charge in [0.1, 0.15) is 6.33 Å². The largest absolute Gasteiger partial charge is 0.369 e. The summed E-state index contributed by atoms with van der Waals surface area (Å²) < 4.78 is 0. The number of hydrogen-bond acceptors (Lipinski definition) is 4. The number of amides is 1. The standard InChI is InChI=1S/C26H30N4O/c1-20(21-8-3-2-4-9-21)17-30-13-7-12-26(18-30,25(27)31)14-22-10-5-6-11-24(22)23-15-28-19-29-16-23/h2-6,8-11,15-16,19-20H,7,12-14,17-18H2,1H3,(H2,27,31)/t20-,26+/m0/s1. The Labute approximate surface area is 184 Å². The molecule has 5 nitrogen and oxygen atoms in total. The van der Waals surface area contributed by atoms with Crippen LogP contribution in [0.4, 0.5) is 0 Å². The molecule has 2 atom stereocenters. The number of piperidine rings is 1. The van der Waals surface area contributed by atoms with Gasteiger partial charge in [0.05, 0.1) is 5.41 Å². The van der Waals surface area contributed by atoms with E-state index < -0.39 is 5.41 Å². The van der Waals surface area contributed by atoms with Gasteiger partial charge in [0.15, 0.2) is 0 Å². The van der Waals surface area contributed by atoms with Gasteiger partial charge >= 0.3 is 0 Å². The van der Waals surface area contributed by atoms with E-state index in [2.05, 4.69) is 58.2 Å². The second-order valence-corrected chi connectivity index (χ2v) is 8.76. The molecule has 2 heterocycles. The molecule has 31 heavy (non-hydrogen) atoms. The van der Waals surface area contributed by atoms with Gasteiger partial charge in [-0.1, -0.05) is 61.5 Å². The third-order valence-corrected chi connectivity index (χ3v) is 6.50. The van der Waals surface area contributed by atoms with Gasteiger partial charge in [0.25, 0.3) is 0 Å². The Balaban J connectivity index is 1.57. The topological polar surface area (TPSA) is 72.1 Å². The first kappa shape index (κ1) is 21.2. The van der Waals surface area contributed by atoms with Crippen LogP contribution in [0.1, 0.15) is 36.8 Å². The quantitative estimate of drug-likeness (QED) is 0.633. The summed E-state index contributed by atoms with van der Waals surface area (Å²) in [5.74, 6) is 0.197. The molecule has 1 aliphatic rings. The molecule has 0 saturated carbocycles. The molecule has 2 N–H and O–H groups in total. The van der Waals surface area contributed by atoms with Crippen molar-refractivity contribution in [2.24, 2.45) is 11.1 Å². The molecule has 1 aliphatic heterocycles. The van der Waals surface area contributed by atoms with E-state index in [0.29, 0.717) is 18.9 Å². The lowest BCUT2D eigenvalue weighted by atomic mass is 9.73. The second kappa shape index (κ2) is 9.40. The van der Waals surface area contributed by atoms with E-state index in [9.17, 15) is 4.79 Å². The lowest BCUT2D eigenvalue weighted by molar-refractivity contribution is -0.131. The molecule has 0 radical (unpaired) electrons. The molecule has 4 rings (SSSR count). The summed E-state index contributed by atoms with van der Waals surface area (Å²) in [5.41, 5.74) is 9.96. The fourth-order valence-corrected chi connectivity index (χ4v) is 4.85. The highest BCUT2D eigenvalue weighted by Crippen LogP contribution is 2.37. The minimum atomic E-state index is -0.569. The Hall–Kier alpha value is -3.05. The van der Waals surface area contributed by atoms with Crippen molar-refractivity contribution < 1.29 is 4.79 Å². The van der Waals surface area contributed by atoms with Crippen LogP contribution in [0.2, 0.25) is 0 Å². The van der Waals surface area contributed by atoms with E-state index in [0.717, 1.165) is 42.6 Å². The Morgan fingerprint density at radius 1 is 1.10 bits per heavy atom. The predicted octanol–water partition coefficient (Wildman–Crippen LogP) is 4.06. The van der Waals surface area contributed by atoms with Crippen LogP contribution in [0.3, 0.4) is 0 Å². The average molecular weight is 415 g/mol. The van der Waals surface area contributed by atoms with Gasteiger partial charge in [0, 0.05) is 31.0 Å². The second-order valence-electron chi connectivity index (χ2n) is 8.76. The molecule has 1 saturated heterocycles. The zero-order chi connectivity index (χ0) is 21.7. The molecule has 2 aromatic carbocycles. The molecule has 0 unspecified atom stereocenters. The van der Waals surface area contributed by atoms with Gasteiger partial charge in [-0.3, -0.25) is 4.79 Å². The maximum atomic E-state index is 12.8. The molecular formula is C26H30N4O. The summed E-state index contributed by atoms with van der Waals surface area (Å²) in [6.07, 6.45) is 7.59. The molecule has 1 amide bonds. The zero-order valence-electron chi connectivity index (χ0n) is 18.1. The SMILES string of the molecule is C[C@@H](CN1CCC[C@](Cc2ccccc2-c2cncnc2)(C(N)=O)C1)c1ccccc1. The van der Waals surface area contributed by atoms with E-state index in [-0.39, 0.29) is 5.91 Å². The van der Waals surface area contributed by atoms with E-state index in [1.807, 2.05) is 30.6 Å². The zero-order valence-corrected chi connectivity index (χ0v) is 18.1. The number of likely N-dealkylation sites (tertiary alicyclic amines) is 1. The number of carbonyl (C=O) groups is 1. The van der Waals surface area contributed by atoms with Crippen molar-refractivity contribution in [2.75, 3.05) is 19.6 Å². The number of hydrogen-bond donors (Lipinski definition) is 1. The van der Waals surface area contributed by atoms with Crippen LogP contribution in [0.15, 0.2) is 73.3 Å². The van der Waals surface area contributed by atoms with E-state index in [1.54, 1.807) is 0 Å². The number of primary amides is 1. The molecule has 0 aliphatic carbocycles. The number of aromatic nitrogens is 2. The Morgan fingerprint density at radius 2 is 1.81 bits per heavy atom. The molecule has 1 fully saturated rings. The first-order valence-electron chi connectivity index (χ1n) is 11.0. The van der Waals surface area contributed by atoms with Crippen LogP contribution in [-0.4, -0.2) is 40.4 Å². The number of nitrogens with two attached hydrogens (primary N) is 1. The van der Waals surface area contributed by atoms with Gasteiger partial charge in [-0.05, 0) is 48.4 Å². The molecule has 0 spiro atoms. The number of rotatable bonds is 7. The molecular weight excluding hydrogens is 384 g/mol. The fraction of sp³-hybridized carbons (Fsp3) is 0.346. The summed E-state index contributed by atoms with van der Waals surface area (Å²) in [7, 11) is 0. The highest BCUT2D eigenvalue weighted by Gasteiger charge is 2.41. The fourth-order valence-electron chi connectivity index (χ4n) is 4.85. The van der Waals surface area contributed by atoms with Gasteiger partial charge in [-0.15, -0.1) is 0 Å². The summed E-state index contributed by atoms with van der Waals surface area (Å²) in [4.78, 5) is 23.5. The first-order valence-corrected chi connectivity index (χ1v) is 11.0. The van der Waals surface area contributed by atoms with Crippen molar-refractivity contribution in [3.8, 4) is 11.1 Å². The van der Waals surface area contributed by atoms with Crippen molar-refractivity contribution in [3.63, 3.8) is 0 Å². The molecule has 0 bridgehead atoms. The van der Waals surface area contributed by atoms with Crippen molar-refractivity contribution >= 4 is 5.91 Å². The van der Waals surface area contributed by atoms with Crippen molar-refractivity contribution in [1.29, 1.82) is 0 Å². The van der Waals surface area contributed by atoms with Crippen LogP contribution in [0, 0.1) is 5.41 Å². The maximum absolute atomic E-state index is 12.8. The van der Waals surface area contributed by atoms with Crippen LogP contribution < -0.4 is 5.73 Å².